The van der Waals surface area contributed by atoms with Crippen LogP contribution in [0.2, 0.25) is 0 Å². The second kappa shape index (κ2) is 7.44. The number of benzene rings is 3. The van der Waals surface area contributed by atoms with E-state index in [1.54, 1.807) is 30.3 Å². The second-order valence-electron chi connectivity index (χ2n) is 6.01. The number of sulfonamides is 1. The van der Waals surface area contributed by atoms with Crippen LogP contribution in [0, 0.1) is 11.6 Å². The van der Waals surface area contributed by atoms with Crippen molar-refractivity contribution in [3.8, 4) is 0 Å². The molecule has 0 amide bonds. The molecule has 0 saturated carbocycles. The van der Waals surface area contributed by atoms with Gasteiger partial charge in [-0.25, -0.2) is 22.2 Å². The number of nitrogens with zero attached hydrogens (tertiary/aromatic N) is 3. The second-order valence-corrected chi connectivity index (χ2v) is 7.61. The monoisotopic (exact) mass is 411 g/mol. The largest absolute Gasteiger partial charge is 0.431 e. The van der Waals surface area contributed by atoms with E-state index in [0.717, 1.165) is 24.3 Å². The quantitative estimate of drug-likeness (QED) is 0.497. The Hall–Kier alpha value is -3.59. The summed E-state index contributed by atoms with van der Waals surface area (Å²) in [4.78, 5) is 8.40. The molecule has 0 aliphatic heterocycles. The molecule has 0 atom stereocenters. The van der Waals surface area contributed by atoms with Crippen LogP contribution >= 0.6 is 0 Å². The van der Waals surface area contributed by atoms with Crippen LogP contribution in [-0.4, -0.2) is 18.4 Å². The van der Waals surface area contributed by atoms with Gasteiger partial charge in [-0.2, -0.15) is 0 Å². The van der Waals surface area contributed by atoms with Gasteiger partial charge in [0.05, 0.1) is 16.1 Å². The number of nitrogens with one attached hydrogen (secondary N) is 1. The summed E-state index contributed by atoms with van der Waals surface area (Å²) in [5.41, 5.74) is 0.983. The highest BCUT2D eigenvalue weighted by Gasteiger charge is 2.13. The molecule has 0 aliphatic carbocycles. The van der Waals surface area contributed by atoms with Crippen LogP contribution in [0.5, 0.6) is 0 Å². The van der Waals surface area contributed by atoms with E-state index in [9.17, 15) is 17.2 Å². The summed E-state index contributed by atoms with van der Waals surface area (Å²) in [7, 11) is -4.20. The number of anilines is 2. The summed E-state index contributed by atoms with van der Waals surface area (Å²) in [6.45, 7) is 0. The van der Waals surface area contributed by atoms with Crippen molar-refractivity contribution >= 4 is 38.4 Å². The van der Waals surface area contributed by atoms with Gasteiger partial charge in [0, 0.05) is 0 Å². The van der Waals surface area contributed by atoms with Crippen molar-refractivity contribution in [1.82, 2.24) is 9.97 Å². The fourth-order valence-corrected chi connectivity index (χ4v) is 3.54. The van der Waals surface area contributed by atoms with Crippen molar-refractivity contribution in [2.75, 3.05) is 5.32 Å². The van der Waals surface area contributed by atoms with Crippen molar-refractivity contribution in [1.29, 1.82) is 0 Å². The maximum absolute atomic E-state index is 14.1. The van der Waals surface area contributed by atoms with E-state index in [0.29, 0.717) is 11.0 Å². The predicted molar refractivity (Wildman–Crippen MR) is 106 cm³/mol. The van der Waals surface area contributed by atoms with Gasteiger partial charge in [0.25, 0.3) is 0 Å². The van der Waals surface area contributed by atoms with Gasteiger partial charge in [0.1, 0.15) is 17.5 Å². The van der Waals surface area contributed by atoms with Gasteiger partial charge in [-0.1, -0.05) is 30.3 Å². The standard InChI is InChI=1S/C20H13F2N4O2S/c21-13-9-11-14(12-10-13)29(27,28)26-20-19(23-16-6-2-1-5-15(16)22)24-17-7-3-4-8-18(17)25-20/h1-12H,(H-,23,24,25,26)/q-1. The average Bonchev–Trinajstić information content (AvgIpc) is 2.70. The van der Waals surface area contributed by atoms with Crippen molar-refractivity contribution in [3.05, 3.63) is 89.2 Å². The van der Waals surface area contributed by atoms with E-state index in [-0.39, 0.29) is 22.2 Å². The molecular formula is C20H13F2N4O2S-. The molecular weight excluding hydrogens is 398 g/mol. The Bertz CT molecular complexity index is 1300. The molecule has 9 heteroatoms. The Labute approximate surface area is 165 Å². The third kappa shape index (κ3) is 3.99. The lowest BCUT2D eigenvalue weighted by Crippen LogP contribution is -2.03. The van der Waals surface area contributed by atoms with Gasteiger partial charge in [-0.05, 0) is 53.8 Å². The van der Waals surface area contributed by atoms with Crippen LogP contribution in [0.1, 0.15) is 0 Å². The van der Waals surface area contributed by atoms with E-state index in [2.05, 4.69) is 20.0 Å². The SMILES string of the molecule is O=S(=O)([N-]c1nc2ccccc2nc1Nc1ccccc1F)c1ccc(F)cc1. The first kappa shape index (κ1) is 18.8. The van der Waals surface area contributed by atoms with Crippen molar-refractivity contribution in [2.45, 2.75) is 4.90 Å². The third-order valence-corrected chi connectivity index (χ3v) is 5.28. The van der Waals surface area contributed by atoms with E-state index in [1.807, 2.05) is 0 Å². The molecule has 4 aromatic rings. The first-order valence-electron chi connectivity index (χ1n) is 8.44. The van der Waals surface area contributed by atoms with Gasteiger partial charge < -0.3 is 15.0 Å². The molecule has 0 unspecified atom stereocenters. The van der Waals surface area contributed by atoms with Crippen molar-refractivity contribution in [2.24, 2.45) is 0 Å². The lowest BCUT2D eigenvalue weighted by molar-refractivity contribution is 0.601. The minimum Gasteiger partial charge on any atom is -0.431 e. The van der Waals surface area contributed by atoms with Gasteiger partial charge in [0.15, 0.2) is 0 Å². The van der Waals surface area contributed by atoms with Gasteiger partial charge >= 0.3 is 0 Å². The Morgan fingerprint density at radius 2 is 1.41 bits per heavy atom. The topological polar surface area (TPSA) is 86.1 Å². The Morgan fingerprint density at radius 1 is 0.793 bits per heavy atom. The number of hydrogen-bond donors (Lipinski definition) is 1. The van der Waals surface area contributed by atoms with Crippen LogP contribution in [0.25, 0.3) is 15.8 Å². The zero-order valence-electron chi connectivity index (χ0n) is 14.8. The first-order valence-corrected chi connectivity index (χ1v) is 9.88. The van der Waals surface area contributed by atoms with Crippen molar-refractivity contribution in [3.63, 3.8) is 0 Å². The first-order chi connectivity index (χ1) is 13.9. The Balaban J connectivity index is 1.79. The van der Waals surface area contributed by atoms with E-state index in [1.165, 1.54) is 18.2 Å². The molecule has 1 N–H and O–H groups in total. The summed E-state index contributed by atoms with van der Waals surface area (Å²) in [6.07, 6.45) is 0. The molecule has 0 spiro atoms. The minimum absolute atomic E-state index is 0.0283. The van der Waals surface area contributed by atoms with E-state index < -0.39 is 21.7 Å². The van der Waals surface area contributed by atoms with Crippen LogP contribution in [0.3, 0.4) is 0 Å². The molecule has 1 aromatic heterocycles. The summed E-state index contributed by atoms with van der Waals surface area (Å²) in [6, 6.07) is 16.9. The van der Waals surface area contributed by atoms with Crippen LogP contribution in [0.4, 0.5) is 26.1 Å². The molecule has 0 fully saturated rings. The van der Waals surface area contributed by atoms with Crippen LogP contribution < -0.4 is 5.32 Å². The highest BCUT2D eigenvalue weighted by atomic mass is 32.2. The zero-order chi connectivity index (χ0) is 20.4. The fraction of sp³-hybridized carbons (Fsp3) is 0. The van der Waals surface area contributed by atoms with Gasteiger partial charge in [-0.15, -0.1) is 0 Å². The highest BCUT2D eigenvalue weighted by Crippen LogP contribution is 2.35. The molecule has 0 bridgehead atoms. The molecule has 6 nitrogen and oxygen atoms in total. The molecule has 0 radical (unpaired) electrons. The van der Waals surface area contributed by atoms with Gasteiger partial charge in [-0.3, -0.25) is 0 Å². The maximum atomic E-state index is 14.1. The number of hydrogen-bond acceptors (Lipinski definition) is 5. The molecule has 0 saturated heterocycles. The average molecular weight is 411 g/mol. The van der Waals surface area contributed by atoms with Crippen molar-refractivity contribution < 1.29 is 17.2 Å². The third-order valence-electron chi connectivity index (χ3n) is 4.00. The molecule has 4 rings (SSSR count). The number of fused-ring (bicyclic) bond motifs is 1. The summed E-state index contributed by atoms with van der Waals surface area (Å²) < 4.78 is 56.3. The summed E-state index contributed by atoms with van der Waals surface area (Å²) >= 11 is 0. The summed E-state index contributed by atoms with van der Waals surface area (Å²) in [5, 5.41) is 2.75. The number of para-hydroxylation sites is 3. The van der Waals surface area contributed by atoms with Crippen LogP contribution in [0.15, 0.2) is 77.7 Å². The lowest BCUT2D eigenvalue weighted by atomic mass is 10.3. The zero-order valence-corrected chi connectivity index (χ0v) is 15.6. The maximum Gasteiger partial charge on any atom is 0.202 e. The fourth-order valence-electron chi connectivity index (χ4n) is 2.60. The molecule has 0 aliphatic rings. The molecule has 146 valence electrons. The molecule has 29 heavy (non-hydrogen) atoms. The van der Waals surface area contributed by atoms with E-state index >= 15 is 0 Å². The number of halogens is 2. The normalized spacial score (nSPS) is 11.4. The Kier molecular flexibility index (Phi) is 4.81. The smallest absolute Gasteiger partial charge is 0.202 e. The number of aromatic nitrogens is 2. The van der Waals surface area contributed by atoms with Gasteiger partial charge in [0.2, 0.25) is 10.0 Å². The Morgan fingerprint density at radius 3 is 2.10 bits per heavy atom. The van der Waals surface area contributed by atoms with E-state index in [4.69, 9.17) is 0 Å². The number of rotatable bonds is 5. The summed E-state index contributed by atoms with van der Waals surface area (Å²) in [5.74, 6) is -1.39. The highest BCUT2D eigenvalue weighted by molar-refractivity contribution is 7.94. The van der Waals surface area contributed by atoms with Crippen LogP contribution in [-0.2, 0) is 10.0 Å². The molecule has 3 aromatic carbocycles. The predicted octanol–water partition coefficient (Wildman–Crippen LogP) is 5.05. The molecule has 1 heterocycles. The minimum atomic E-state index is -4.20. The lowest BCUT2D eigenvalue weighted by Gasteiger charge is -2.21.